The fraction of sp³-hybridized carbons (Fsp3) is 0.111. The molecular weight excluding hydrogens is 322 g/mol. The Labute approximate surface area is 142 Å². The van der Waals surface area contributed by atoms with Crippen molar-refractivity contribution in [2.24, 2.45) is 0 Å². The number of aliphatic hydroxyl groups is 1. The lowest BCUT2D eigenvalue weighted by Gasteiger charge is -2.09. The molecule has 0 radical (unpaired) electrons. The molecule has 0 spiro atoms. The van der Waals surface area contributed by atoms with Crippen LogP contribution < -0.4 is 5.56 Å². The predicted octanol–water partition coefficient (Wildman–Crippen LogP) is 2.47. The monoisotopic (exact) mass is 337 g/mol. The molecule has 3 aromatic rings. The molecule has 0 fully saturated rings. The largest absolute Gasteiger partial charge is 0.395 e. The molecule has 25 heavy (non-hydrogen) atoms. The van der Waals surface area contributed by atoms with E-state index >= 15 is 0 Å². The molecule has 0 atom stereocenters. The minimum atomic E-state index is -0.461. The summed E-state index contributed by atoms with van der Waals surface area (Å²) in [5.74, 6) is 0.413. The Kier molecular flexibility index (Phi) is 4.67. The number of nitrogens with zero attached hydrogens (tertiary/aromatic N) is 3. The van der Waals surface area contributed by atoms with Gasteiger partial charge in [0.25, 0.3) is 11.2 Å². The Morgan fingerprint density at radius 1 is 1.12 bits per heavy atom. The fourth-order valence-corrected chi connectivity index (χ4v) is 2.51. The third-order valence-corrected chi connectivity index (χ3v) is 3.74. The van der Waals surface area contributed by atoms with Crippen molar-refractivity contribution in [2.45, 2.75) is 6.54 Å². The van der Waals surface area contributed by atoms with Gasteiger partial charge in [-0.1, -0.05) is 18.2 Å². The van der Waals surface area contributed by atoms with Crippen molar-refractivity contribution in [1.29, 1.82) is 0 Å². The lowest BCUT2D eigenvalue weighted by Crippen LogP contribution is -2.25. The van der Waals surface area contributed by atoms with Crippen LogP contribution in [0.15, 0.2) is 53.3 Å². The van der Waals surface area contributed by atoms with Gasteiger partial charge >= 0.3 is 0 Å². The van der Waals surface area contributed by atoms with Crippen LogP contribution in [0.25, 0.3) is 23.1 Å². The van der Waals surface area contributed by atoms with Crippen molar-refractivity contribution in [1.82, 2.24) is 9.55 Å². The zero-order chi connectivity index (χ0) is 17.8. The molecule has 0 amide bonds. The van der Waals surface area contributed by atoms with Crippen LogP contribution in [0.5, 0.6) is 0 Å². The number of hydrogen-bond acceptors (Lipinski definition) is 5. The van der Waals surface area contributed by atoms with Crippen LogP contribution in [0, 0.1) is 10.1 Å². The Bertz CT molecular complexity index is 1010. The van der Waals surface area contributed by atoms with Gasteiger partial charge < -0.3 is 5.11 Å². The van der Waals surface area contributed by atoms with Crippen LogP contribution in [0.4, 0.5) is 5.69 Å². The Morgan fingerprint density at radius 2 is 1.84 bits per heavy atom. The number of para-hydroxylation sites is 1. The van der Waals surface area contributed by atoms with Crippen LogP contribution in [-0.4, -0.2) is 26.2 Å². The average molecular weight is 337 g/mol. The normalized spacial score (nSPS) is 11.2. The molecule has 0 aliphatic heterocycles. The predicted molar refractivity (Wildman–Crippen MR) is 95.1 cm³/mol. The molecule has 2 aromatic carbocycles. The van der Waals surface area contributed by atoms with E-state index in [1.54, 1.807) is 48.6 Å². The first-order valence-corrected chi connectivity index (χ1v) is 7.63. The molecule has 3 rings (SSSR count). The number of aromatic nitrogens is 2. The number of aliphatic hydroxyl groups excluding tert-OH is 1. The summed E-state index contributed by atoms with van der Waals surface area (Å²) in [6.45, 7) is -0.0467. The Hall–Kier alpha value is -3.32. The maximum atomic E-state index is 12.6. The van der Waals surface area contributed by atoms with Crippen LogP contribution >= 0.6 is 0 Å². The van der Waals surface area contributed by atoms with E-state index in [1.807, 2.05) is 0 Å². The van der Waals surface area contributed by atoms with E-state index in [1.165, 1.54) is 16.7 Å². The van der Waals surface area contributed by atoms with E-state index in [0.717, 1.165) is 5.56 Å². The minimum absolute atomic E-state index is 0.0122. The lowest BCUT2D eigenvalue weighted by atomic mass is 10.2. The number of rotatable bonds is 5. The average Bonchev–Trinajstić information content (AvgIpc) is 2.63. The van der Waals surface area contributed by atoms with Gasteiger partial charge in [-0.15, -0.1) is 0 Å². The summed E-state index contributed by atoms with van der Waals surface area (Å²) in [5.41, 5.74) is 1.11. The summed E-state index contributed by atoms with van der Waals surface area (Å²) in [6, 6.07) is 13.1. The quantitative estimate of drug-likeness (QED) is 0.569. The van der Waals surface area contributed by atoms with Gasteiger partial charge in [0.05, 0.1) is 29.0 Å². The highest BCUT2D eigenvalue weighted by Crippen LogP contribution is 2.15. The van der Waals surface area contributed by atoms with Gasteiger partial charge in [-0.3, -0.25) is 19.5 Å². The first kappa shape index (κ1) is 16.5. The summed E-state index contributed by atoms with van der Waals surface area (Å²) < 4.78 is 1.41. The van der Waals surface area contributed by atoms with Gasteiger partial charge in [-0.2, -0.15) is 0 Å². The molecule has 1 heterocycles. The summed E-state index contributed by atoms with van der Waals surface area (Å²) in [6.07, 6.45) is 3.37. The SMILES string of the molecule is O=c1c2ccccc2nc(/C=C/c2ccc([N+](=O)[O-])cc2)n1CCO. The van der Waals surface area contributed by atoms with E-state index in [-0.39, 0.29) is 24.4 Å². The lowest BCUT2D eigenvalue weighted by molar-refractivity contribution is -0.384. The number of fused-ring (bicyclic) bond motifs is 1. The van der Waals surface area contributed by atoms with E-state index < -0.39 is 4.92 Å². The zero-order valence-electron chi connectivity index (χ0n) is 13.2. The molecule has 0 saturated carbocycles. The number of non-ortho nitro benzene ring substituents is 1. The molecule has 0 aliphatic rings. The van der Waals surface area contributed by atoms with Crippen molar-refractivity contribution >= 4 is 28.7 Å². The summed E-state index contributed by atoms with van der Waals surface area (Å²) in [5, 5.41) is 20.4. The summed E-state index contributed by atoms with van der Waals surface area (Å²) in [4.78, 5) is 27.3. The highest BCUT2D eigenvalue weighted by Gasteiger charge is 2.08. The first-order chi connectivity index (χ1) is 12.1. The maximum absolute atomic E-state index is 12.6. The molecule has 0 unspecified atom stereocenters. The van der Waals surface area contributed by atoms with Gasteiger partial charge in [0.1, 0.15) is 5.82 Å². The van der Waals surface area contributed by atoms with Gasteiger partial charge in [-0.25, -0.2) is 4.98 Å². The smallest absolute Gasteiger partial charge is 0.269 e. The first-order valence-electron chi connectivity index (χ1n) is 7.63. The van der Waals surface area contributed by atoms with Gasteiger partial charge in [0.2, 0.25) is 0 Å². The summed E-state index contributed by atoms with van der Waals surface area (Å²) >= 11 is 0. The molecular formula is C18H15N3O4. The second-order valence-electron chi connectivity index (χ2n) is 5.35. The van der Waals surface area contributed by atoms with Crippen molar-refractivity contribution < 1.29 is 10.0 Å². The van der Waals surface area contributed by atoms with Crippen LogP contribution in [0.1, 0.15) is 11.4 Å². The highest BCUT2D eigenvalue weighted by molar-refractivity contribution is 5.79. The van der Waals surface area contributed by atoms with E-state index in [9.17, 15) is 20.0 Å². The molecule has 1 aromatic heterocycles. The fourth-order valence-electron chi connectivity index (χ4n) is 2.51. The molecule has 1 N–H and O–H groups in total. The second kappa shape index (κ2) is 7.06. The van der Waals surface area contributed by atoms with Crippen molar-refractivity contribution in [2.75, 3.05) is 6.61 Å². The Morgan fingerprint density at radius 3 is 2.52 bits per heavy atom. The third kappa shape index (κ3) is 3.46. The maximum Gasteiger partial charge on any atom is 0.269 e. The molecule has 0 saturated heterocycles. The van der Waals surface area contributed by atoms with E-state index in [4.69, 9.17) is 0 Å². The molecule has 0 aliphatic carbocycles. The number of nitro groups is 1. The number of nitro benzene ring substituents is 1. The standard InChI is InChI=1S/C18H15N3O4/c22-12-11-20-17(19-16-4-2-1-3-15(16)18(20)23)10-7-13-5-8-14(9-6-13)21(24)25/h1-10,22H,11-12H2/b10-7+. The van der Waals surface area contributed by atoms with Crippen molar-refractivity contribution in [3.63, 3.8) is 0 Å². The van der Waals surface area contributed by atoms with Crippen LogP contribution in [0.3, 0.4) is 0 Å². The van der Waals surface area contributed by atoms with Gasteiger partial charge in [-0.05, 0) is 35.9 Å². The van der Waals surface area contributed by atoms with Crippen LogP contribution in [-0.2, 0) is 6.54 Å². The van der Waals surface area contributed by atoms with Crippen LogP contribution in [0.2, 0.25) is 0 Å². The zero-order valence-corrected chi connectivity index (χ0v) is 13.2. The van der Waals surface area contributed by atoms with Gasteiger partial charge in [0, 0.05) is 12.1 Å². The van der Waals surface area contributed by atoms with Crippen molar-refractivity contribution in [3.8, 4) is 0 Å². The summed E-state index contributed by atoms with van der Waals surface area (Å²) in [7, 11) is 0. The number of hydrogen-bond donors (Lipinski definition) is 1. The van der Waals surface area contributed by atoms with E-state index in [0.29, 0.717) is 16.7 Å². The molecule has 126 valence electrons. The highest BCUT2D eigenvalue weighted by atomic mass is 16.6. The van der Waals surface area contributed by atoms with E-state index in [2.05, 4.69) is 4.98 Å². The third-order valence-electron chi connectivity index (χ3n) is 3.74. The molecule has 7 heteroatoms. The molecule has 0 bridgehead atoms. The topological polar surface area (TPSA) is 98.3 Å². The molecule has 7 nitrogen and oxygen atoms in total. The van der Waals surface area contributed by atoms with Gasteiger partial charge in [0.15, 0.2) is 0 Å². The minimum Gasteiger partial charge on any atom is -0.395 e. The van der Waals surface area contributed by atoms with Crippen molar-refractivity contribution in [3.05, 3.63) is 80.4 Å². The second-order valence-corrected chi connectivity index (χ2v) is 5.35. The number of benzene rings is 2. The Balaban J connectivity index is 2.03.